The highest BCUT2D eigenvalue weighted by atomic mass is 19.4. The lowest BCUT2D eigenvalue weighted by atomic mass is 9.64. The molecule has 1 aromatic rings. The lowest BCUT2D eigenvalue weighted by molar-refractivity contribution is -0.137. The van der Waals surface area contributed by atoms with Crippen molar-refractivity contribution in [1.82, 2.24) is 0 Å². The minimum absolute atomic E-state index is 0.0747. The molecule has 24 heavy (non-hydrogen) atoms. The molecule has 1 fully saturated rings. The second-order valence-corrected chi connectivity index (χ2v) is 7.33. The van der Waals surface area contributed by atoms with Crippen LogP contribution in [0.2, 0.25) is 0 Å². The fourth-order valence-electron chi connectivity index (χ4n) is 3.40. The lowest BCUT2D eigenvalue weighted by Crippen LogP contribution is -2.30. The van der Waals surface area contributed by atoms with Crippen molar-refractivity contribution >= 4 is 11.5 Å². The van der Waals surface area contributed by atoms with E-state index < -0.39 is 17.7 Å². The minimum Gasteiger partial charge on any atom is -0.478 e. The number of carbonyl (C=O) groups is 1. The summed E-state index contributed by atoms with van der Waals surface area (Å²) in [4.78, 5) is 11.2. The van der Waals surface area contributed by atoms with Gasteiger partial charge in [-0.25, -0.2) is 4.79 Å². The second kappa shape index (κ2) is 6.61. The zero-order valence-electron chi connectivity index (χ0n) is 14.2. The highest BCUT2D eigenvalue weighted by Crippen LogP contribution is 2.47. The number of benzene rings is 1. The van der Waals surface area contributed by atoms with Crippen molar-refractivity contribution < 1.29 is 23.1 Å². The van der Waals surface area contributed by atoms with Crippen molar-refractivity contribution in [2.45, 2.75) is 52.6 Å². The number of alkyl halides is 3. The van der Waals surface area contributed by atoms with Crippen molar-refractivity contribution in [2.24, 2.45) is 11.3 Å². The molecule has 1 N–H and O–H groups in total. The number of allylic oxidation sites excluding steroid dienone is 1. The summed E-state index contributed by atoms with van der Waals surface area (Å²) >= 11 is 0. The van der Waals surface area contributed by atoms with Gasteiger partial charge in [0.15, 0.2) is 0 Å². The molecule has 0 aromatic heterocycles. The van der Waals surface area contributed by atoms with E-state index in [1.54, 1.807) is 6.92 Å². The van der Waals surface area contributed by atoms with Gasteiger partial charge < -0.3 is 5.11 Å². The Morgan fingerprint density at radius 1 is 1.29 bits per heavy atom. The number of aryl methyl sites for hydroxylation is 1. The Balaban J connectivity index is 2.37. The van der Waals surface area contributed by atoms with Gasteiger partial charge in [-0.05, 0) is 66.4 Å². The minimum atomic E-state index is -4.40. The maximum atomic E-state index is 12.8. The van der Waals surface area contributed by atoms with Crippen LogP contribution in [0.5, 0.6) is 0 Å². The molecule has 0 radical (unpaired) electrons. The van der Waals surface area contributed by atoms with Gasteiger partial charge in [-0.3, -0.25) is 0 Å². The number of rotatable bonds is 5. The van der Waals surface area contributed by atoms with Gasteiger partial charge in [0.25, 0.3) is 0 Å². The molecular weight excluding hydrogens is 317 g/mol. The van der Waals surface area contributed by atoms with Crippen molar-refractivity contribution in [3.8, 4) is 0 Å². The second-order valence-electron chi connectivity index (χ2n) is 7.33. The summed E-state index contributed by atoms with van der Waals surface area (Å²) in [5.74, 6) is -0.543. The lowest BCUT2D eigenvalue weighted by Gasteiger charge is -2.41. The number of carboxylic acids is 1. The number of aliphatic carboxylic acids is 1. The van der Waals surface area contributed by atoms with E-state index in [0.29, 0.717) is 29.0 Å². The van der Waals surface area contributed by atoms with Crippen LogP contribution in [0.4, 0.5) is 13.2 Å². The molecule has 0 unspecified atom stereocenters. The summed E-state index contributed by atoms with van der Waals surface area (Å²) < 4.78 is 38.5. The third-order valence-corrected chi connectivity index (χ3v) is 5.05. The molecule has 0 aliphatic heterocycles. The highest BCUT2D eigenvalue weighted by molar-refractivity contribution is 5.90. The molecule has 1 aromatic carbocycles. The van der Waals surface area contributed by atoms with Crippen LogP contribution in [0.1, 0.15) is 56.2 Å². The van der Waals surface area contributed by atoms with Crippen LogP contribution in [-0.2, 0) is 11.0 Å². The van der Waals surface area contributed by atoms with Crippen LogP contribution in [0.3, 0.4) is 0 Å². The van der Waals surface area contributed by atoms with Gasteiger partial charge >= 0.3 is 12.1 Å². The largest absolute Gasteiger partial charge is 0.478 e. The van der Waals surface area contributed by atoms with Crippen LogP contribution in [0.15, 0.2) is 24.3 Å². The summed E-state index contributed by atoms with van der Waals surface area (Å²) in [5, 5.41) is 9.17. The van der Waals surface area contributed by atoms with Gasteiger partial charge in [-0.1, -0.05) is 26.3 Å². The van der Waals surface area contributed by atoms with E-state index in [1.165, 1.54) is 12.5 Å². The predicted octanol–water partition coefficient (Wildman–Crippen LogP) is 5.70. The Morgan fingerprint density at radius 2 is 1.92 bits per heavy atom. The molecule has 5 heteroatoms. The molecule has 1 saturated carbocycles. The summed E-state index contributed by atoms with van der Waals surface area (Å²) in [6, 6.07) is 3.50. The Morgan fingerprint density at radius 3 is 2.33 bits per heavy atom. The maximum Gasteiger partial charge on any atom is 0.416 e. The summed E-state index contributed by atoms with van der Waals surface area (Å²) in [7, 11) is 0. The van der Waals surface area contributed by atoms with Crippen molar-refractivity contribution in [3.63, 3.8) is 0 Å². The highest BCUT2D eigenvalue weighted by Gasteiger charge is 2.35. The van der Waals surface area contributed by atoms with E-state index >= 15 is 0 Å². The Kier molecular flexibility index (Phi) is 5.11. The first-order valence-corrected chi connectivity index (χ1v) is 8.12. The van der Waals surface area contributed by atoms with E-state index in [4.69, 9.17) is 0 Å². The number of halogens is 3. The first-order valence-electron chi connectivity index (χ1n) is 8.12. The van der Waals surface area contributed by atoms with E-state index in [-0.39, 0.29) is 5.41 Å². The maximum absolute atomic E-state index is 12.8. The Bertz CT molecular complexity index is 653. The first kappa shape index (κ1) is 18.6. The topological polar surface area (TPSA) is 37.3 Å². The smallest absolute Gasteiger partial charge is 0.416 e. The van der Waals surface area contributed by atoms with Gasteiger partial charge in [0.1, 0.15) is 0 Å². The fraction of sp³-hybridized carbons (Fsp3) is 0.526. The molecule has 2 rings (SSSR count). The standard InChI is InChI=1S/C19H23F3O2/c1-12-9-15(19(20,21)22)7-8-16(12)13(10-17(23)24)11-18(2,3)14-5-4-6-14/h7-10,14H,4-6,11H2,1-3H3,(H,23,24)/b13-10+. The van der Waals surface area contributed by atoms with Gasteiger partial charge in [0, 0.05) is 6.08 Å². The molecule has 0 amide bonds. The zero-order chi connectivity index (χ0) is 18.1. The fourth-order valence-corrected chi connectivity index (χ4v) is 3.40. The normalized spacial score (nSPS) is 16.8. The SMILES string of the molecule is Cc1cc(C(F)(F)F)ccc1/C(=C/C(=O)O)CC(C)(C)C1CCC1. The molecule has 0 spiro atoms. The average molecular weight is 340 g/mol. The van der Waals surface area contributed by atoms with E-state index in [0.717, 1.165) is 31.1 Å². The van der Waals surface area contributed by atoms with Crippen molar-refractivity contribution in [1.29, 1.82) is 0 Å². The number of carboxylic acid groups (broad SMARTS) is 1. The first-order chi connectivity index (χ1) is 11.0. The average Bonchev–Trinajstić information content (AvgIpc) is 2.32. The molecule has 1 aliphatic carbocycles. The third-order valence-electron chi connectivity index (χ3n) is 5.05. The van der Waals surface area contributed by atoms with Crippen LogP contribution < -0.4 is 0 Å². The molecule has 0 heterocycles. The predicted molar refractivity (Wildman–Crippen MR) is 87.5 cm³/mol. The van der Waals surface area contributed by atoms with Crippen molar-refractivity contribution in [2.75, 3.05) is 0 Å². The summed E-state index contributed by atoms with van der Waals surface area (Å²) in [5.41, 5.74) is 0.830. The third kappa shape index (κ3) is 4.19. The van der Waals surface area contributed by atoms with Crippen LogP contribution in [0, 0.1) is 18.3 Å². The van der Waals surface area contributed by atoms with Gasteiger partial charge in [0.05, 0.1) is 5.56 Å². The van der Waals surface area contributed by atoms with Crippen LogP contribution in [0.25, 0.3) is 5.57 Å². The molecule has 0 atom stereocenters. The summed E-state index contributed by atoms with van der Waals surface area (Å²) in [6.45, 7) is 5.80. The number of hydrogen-bond acceptors (Lipinski definition) is 1. The molecular formula is C19H23F3O2. The number of hydrogen-bond donors (Lipinski definition) is 1. The van der Waals surface area contributed by atoms with Gasteiger partial charge in [-0.2, -0.15) is 13.2 Å². The van der Waals surface area contributed by atoms with E-state index in [9.17, 15) is 23.1 Å². The Hall–Kier alpha value is -1.78. The van der Waals surface area contributed by atoms with Crippen molar-refractivity contribution in [3.05, 3.63) is 41.0 Å². The van der Waals surface area contributed by atoms with Gasteiger partial charge in [0.2, 0.25) is 0 Å². The molecule has 1 aliphatic rings. The monoisotopic (exact) mass is 340 g/mol. The van der Waals surface area contributed by atoms with E-state index in [2.05, 4.69) is 13.8 Å². The Labute approximate surface area is 140 Å². The molecule has 0 bridgehead atoms. The van der Waals surface area contributed by atoms with Gasteiger partial charge in [-0.15, -0.1) is 0 Å². The molecule has 0 saturated heterocycles. The quantitative estimate of drug-likeness (QED) is 0.698. The summed E-state index contributed by atoms with van der Waals surface area (Å²) in [6.07, 6.45) is 0.710. The zero-order valence-corrected chi connectivity index (χ0v) is 14.2. The molecule has 132 valence electrons. The molecule has 2 nitrogen and oxygen atoms in total. The van der Waals surface area contributed by atoms with E-state index in [1.807, 2.05) is 0 Å². The van der Waals surface area contributed by atoms with Crippen LogP contribution in [-0.4, -0.2) is 11.1 Å². The van der Waals surface area contributed by atoms with Crippen LogP contribution >= 0.6 is 0 Å².